The van der Waals surface area contributed by atoms with Crippen molar-refractivity contribution in [1.29, 1.82) is 0 Å². The van der Waals surface area contributed by atoms with Gasteiger partial charge in [-0.25, -0.2) is 18.4 Å². The fourth-order valence-electron chi connectivity index (χ4n) is 5.50. The number of para-hydroxylation sites is 1. The van der Waals surface area contributed by atoms with Crippen molar-refractivity contribution in [3.63, 3.8) is 0 Å². The Labute approximate surface area is 229 Å². The first-order valence-corrected chi connectivity index (χ1v) is 13.4. The molecule has 0 saturated carbocycles. The van der Waals surface area contributed by atoms with Crippen LogP contribution >= 0.6 is 0 Å². The molecule has 0 unspecified atom stereocenters. The lowest BCUT2D eigenvalue weighted by Crippen LogP contribution is -2.51. The van der Waals surface area contributed by atoms with Crippen LogP contribution in [0.5, 0.6) is 0 Å². The summed E-state index contributed by atoms with van der Waals surface area (Å²) >= 11 is 0. The molecule has 11 heteroatoms. The molecule has 1 saturated heterocycles. The maximum Gasteiger partial charge on any atom is 0.331 e. The van der Waals surface area contributed by atoms with E-state index in [4.69, 9.17) is 0 Å². The minimum absolute atomic E-state index is 0.0357. The van der Waals surface area contributed by atoms with Crippen molar-refractivity contribution in [2.75, 3.05) is 25.0 Å². The number of hydrogen-bond acceptors (Lipinski definition) is 4. The van der Waals surface area contributed by atoms with Crippen LogP contribution in [0.25, 0.3) is 11.1 Å². The van der Waals surface area contributed by atoms with Gasteiger partial charge in [0.25, 0.3) is 5.56 Å². The summed E-state index contributed by atoms with van der Waals surface area (Å²) < 4.78 is 30.5. The molecule has 0 spiro atoms. The average molecular weight is 552 g/mol. The Hall–Kier alpha value is -4.28. The van der Waals surface area contributed by atoms with Gasteiger partial charge < -0.3 is 15.1 Å². The van der Waals surface area contributed by atoms with Crippen molar-refractivity contribution in [2.45, 2.75) is 51.7 Å². The topological polar surface area (TPSA) is 96.7 Å². The lowest BCUT2D eigenvalue weighted by molar-refractivity contribution is -0.133. The zero-order valence-corrected chi connectivity index (χ0v) is 22.4. The van der Waals surface area contributed by atoms with Crippen LogP contribution in [0.3, 0.4) is 0 Å². The van der Waals surface area contributed by atoms with Crippen LogP contribution in [0.15, 0.2) is 58.3 Å². The Morgan fingerprint density at radius 3 is 2.42 bits per heavy atom. The number of amides is 3. The molecule has 1 fully saturated rings. The number of likely N-dealkylation sites (tertiary alicyclic amines) is 1. The summed E-state index contributed by atoms with van der Waals surface area (Å²) in [5, 5.41) is 2.98. The fourth-order valence-corrected chi connectivity index (χ4v) is 5.50. The van der Waals surface area contributed by atoms with Gasteiger partial charge in [-0.05, 0) is 50.8 Å². The molecule has 9 nitrogen and oxygen atoms in total. The number of carbonyl (C=O) groups is 2. The lowest BCUT2D eigenvalue weighted by Gasteiger charge is -2.38. The van der Waals surface area contributed by atoms with Crippen LogP contribution in [0.4, 0.5) is 19.3 Å². The second-order valence-corrected chi connectivity index (χ2v) is 10.5. The highest BCUT2D eigenvalue weighted by molar-refractivity contribution is 5.91. The van der Waals surface area contributed by atoms with Crippen LogP contribution in [0.1, 0.15) is 38.3 Å². The maximum absolute atomic E-state index is 14.6. The highest BCUT2D eigenvalue weighted by Crippen LogP contribution is 2.25. The number of piperidine rings is 1. The molecule has 40 heavy (non-hydrogen) atoms. The number of nitrogens with zero attached hydrogens (tertiary/aromatic N) is 4. The summed E-state index contributed by atoms with van der Waals surface area (Å²) in [6.07, 6.45) is 3.02. The van der Waals surface area contributed by atoms with Gasteiger partial charge in [0.2, 0.25) is 5.91 Å². The predicted molar refractivity (Wildman–Crippen MR) is 146 cm³/mol. The molecule has 3 amide bonds. The molecule has 0 radical (unpaired) electrons. The molecule has 0 aliphatic carbocycles. The third kappa shape index (κ3) is 5.15. The van der Waals surface area contributed by atoms with E-state index in [1.807, 2.05) is 29.2 Å². The van der Waals surface area contributed by atoms with Gasteiger partial charge in [0.1, 0.15) is 6.54 Å². The van der Waals surface area contributed by atoms with Crippen molar-refractivity contribution in [3.8, 4) is 11.1 Å². The standard InChI is InChI=1S/C29H31F2N5O4/c1-18(2)36-27(38)22(21-7-5-8-23(30)26(21)31)16-34(29(36)40)17-25(37)33-13-11-20(12-14-33)35-15-10-19-6-3-4-9-24(19)32-28(35)39/h3-9,16,18,20H,10-15,17H2,1-2H3,(H,32,39). The molecular weight excluding hydrogens is 520 g/mol. The summed E-state index contributed by atoms with van der Waals surface area (Å²) in [5.41, 5.74) is -0.0503. The van der Waals surface area contributed by atoms with E-state index in [0.717, 1.165) is 39.1 Å². The summed E-state index contributed by atoms with van der Waals surface area (Å²) in [6.45, 7) is 4.26. The maximum atomic E-state index is 14.6. The molecule has 2 aliphatic heterocycles. The molecule has 1 aromatic heterocycles. The fraction of sp³-hybridized carbons (Fsp3) is 0.379. The van der Waals surface area contributed by atoms with Gasteiger partial charge in [-0.15, -0.1) is 0 Å². The Balaban J connectivity index is 1.32. The quantitative estimate of drug-likeness (QED) is 0.524. The van der Waals surface area contributed by atoms with E-state index >= 15 is 0 Å². The van der Waals surface area contributed by atoms with E-state index in [2.05, 4.69) is 5.32 Å². The SMILES string of the molecule is CC(C)n1c(=O)c(-c2cccc(F)c2F)cn(CC(=O)N2CCC(N3CCc4ccccc4NC3=O)CC2)c1=O. The summed E-state index contributed by atoms with van der Waals surface area (Å²) in [6, 6.07) is 10.4. The molecular formula is C29H31F2N5O4. The van der Waals surface area contributed by atoms with Gasteiger partial charge in [-0.1, -0.05) is 30.3 Å². The van der Waals surface area contributed by atoms with Crippen LogP contribution in [0, 0.1) is 11.6 Å². The number of hydrogen-bond donors (Lipinski definition) is 1. The van der Waals surface area contributed by atoms with Gasteiger partial charge in [-0.3, -0.25) is 18.7 Å². The summed E-state index contributed by atoms with van der Waals surface area (Å²) in [7, 11) is 0. The Bertz CT molecular complexity index is 1570. The van der Waals surface area contributed by atoms with Gasteiger partial charge in [0.15, 0.2) is 11.6 Å². The molecule has 5 rings (SSSR count). The van der Waals surface area contributed by atoms with Crippen molar-refractivity contribution in [3.05, 3.63) is 86.7 Å². The normalized spacial score (nSPS) is 16.1. The first kappa shape index (κ1) is 27.3. The zero-order valence-electron chi connectivity index (χ0n) is 22.4. The number of anilines is 1. The Kier molecular flexibility index (Phi) is 7.55. The minimum Gasteiger partial charge on any atom is -0.341 e. The molecule has 1 N–H and O–H groups in total. The van der Waals surface area contributed by atoms with E-state index in [9.17, 15) is 28.0 Å². The number of halogens is 2. The van der Waals surface area contributed by atoms with Crippen LogP contribution in [-0.2, 0) is 17.8 Å². The van der Waals surface area contributed by atoms with E-state index in [0.29, 0.717) is 32.5 Å². The van der Waals surface area contributed by atoms with Gasteiger partial charge >= 0.3 is 11.7 Å². The molecule has 210 valence electrons. The minimum atomic E-state index is -1.20. The number of rotatable bonds is 5. The second-order valence-electron chi connectivity index (χ2n) is 10.5. The number of nitrogens with one attached hydrogen (secondary N) is 1. The third-order valence-electron chi connectivity index (χ3n) is 7.65. The molecule has 3 aromatic rings. The first-order valence-electron chi connectivity index (χ1n) is 13.4. The molecule has 2 aliphatic rings. The van der Waals surface area contributed by atoms with Crippen molar-refractivity contribution in [1.82, 2.24) is 18.9 Å². The molecule has 0 atom stereocenters. The predicted octanol–water partition coefficient (Wildman–Crippen LogP) is 3.62. The van der Waals surface area contributed by atoms with Crippen LogP contribution in [-0.4, -0.2) is 56.5 Å². The first-order chi connectivity index (χ1) is 19.2. The van der Waals surface area contributed by atoms with Crippen LogP contribution < -0.4 is 16.6 Å². The highest BCUT2D eigenvalue weighted by Gasteiger charge is 2.31. The highest BCUT2D eigenvalue weighted by atomic mass is 19.2. The van der Waals surface area contributed by atoms with Gasteiger partial charge in [0.05, 0.1) is 5.56 Å². The average Bonchev–Trinajstić information content (AvgIpc) is 3.10. The number of benzene rings is 2. The molecule has 2 aromatic carbocycles. The Morgan fingerprint density at radius 1 is 0.975 bits per heavy atom. The van der Waals surface area contributed by atoms with Crippen molar-refractivity contribution in [2.24, 2.45) is 0 Å². The van der Waals surface area contributed by atoms with Crippen molar-refractivity contribution < 1.29 is 18.4 Å². The number of fused-ring (bicyclic) bond motifs is 1. The van der Waals surface area contributed by atoms with E-state index in [1.165, 1.54) is 12.1 Å². The lowest BCUT2D eigenvalue weighted by atomic mass is 10.0. The Morgan fingerprint density at radius 2 is 1.70 bits per heavy atom. The molecule has 3 heterocycles. The summed E-state index contributed by atoms with van der Waals surface area (Å²) in [5.74, 6) is -2.66. The van der Waals surface area contributed by atoms with Crippen molar-refractivity contribution >= 4 is 17.6 Å². The van der Waals surface area contributed by atoms with Gasteiger partial charge in [-0.2, -0.15) is 0 Å². The molecule has 0 bridgehead atoms. The smallest absolute Gasteiger partial charge is 0.331 e. The van der Waals surface area contributed by atoms with Crippen LogP contribution in [0.2, 0.25) is 0 Å². The largest absolute Gasteiger partial charge is 0.341 e. The zero-order chi connectivity index (χ0) is 28.6. The number of carbonyl (C=O) groups excluding carboxylic acids is 2. The number of urea groups is 1. The summed E-state index contributed by atoms with van der Waals surface area (Å²) in [4.78, 5) is 55.8. The van der Waals surface area contributed by atoms with Gasteiger partial charge in [0, 0.05) is 49.2 Å². The number of aromatic nitrogens is 2. The third-order valence-corrected chi connectivity index (χ3v) is 7.65. The monoisotopic (exact) mass is 551 g/mol. The van der Waals surface area contributed by atoms with E-state index < -0.39 is 28.9 Å². The van der Waals surface area contributed by atoms with E-state index in [1.54, 1.807) is 18.7 Å². The van der Waals surface area contributed by atoms with E-state index in [-0.39, 0.29) is 35.7 Å². The second kappa shape index (κ2) is 11.1.